The molecule has 2 N–H and O–H groups in total. The highest BCUT2D eigenvalue weighted by molar-refractivity contribution is 6.51. The number of pyridine rings is 1. The molecule has 0 radical (unpaired) electrons. The number of phenols is 1. The van der Waals surface area contributed by atoms with Gasteiger partial charge in [-0.25, -0.2) is 0 Å². The van der Waals surface area contributed by atoms with Crippen molar-refractivity contribution in [3.05, 3.63) is 88.7 Å². The van der Waals surface area contributed by atoms with Crippen molar-refractivity contribution in [3.63, 3.8) is 0 Å². The number of anilines is 1. The Kier molecular flexibility index (Phi) is 5.35. The van der Waals surface area contributed by atoms with E-state index >= 15 is 0 Å². The van der Waals surface area contributed by atoms with Crippen molar-refractivity contribution in [1.82, 2.24) is 4.98 Å². The number of ketones is 1. The lowest BCUT2D eigenvalue weighted by Gasteiger charge is -2.25. The number of ether oxygens (including phenoxy) is 1. The number of rotatable bonds is 4. The van der Waals surface area contributed by atoms with Gasteiger partial charge in [0.2, 0.25) is 0 Å². The van der Waals surface area contributed by atoms with Crippen LogP contribution >= 0.6 is 11.6 Å². The minimum atomic E-state index is -1.05. The van der Waals surface area contributed by atoms with Crippen molar-refractivity contribution < 1.29 is 24.5 Å². The Hall–Kier alpha value is -3.84. The normalized spacial score (nSPS) is 17.7. The van der Waals surface area contributed by atoms with Crippen LogP contribution in [-0.4, -0.2) is 34.0 Å². The Morgan fingerprint density at radius 1 is 1.10 bits per heavy atom. The number of aromatic hydroxyl groups is 1. The molecular weight excluding hydrogens is 420 g/mol. The number of aromatic nitrogens is 1. The SMILES string of the molecule is COc1ccc(/C(O)=C2/C(=O)C(=O)N(c3ccccc3O)C2c2ccccn2)cc1Cl. The molecule has 7 nitrogen and oxygen atoms in total. The molecule has 31 heavy (non-hydrogen) atoms. The average Bonchev–Trinajstić information content (AvgIpc) is 3.04. The predicted octanol–water partition coefficient (Wildman–Crippen LogP) is 4.08. The van der Waals surface area contributed by atoms with Gasteiger partial charge in [0.05, 0.1) is 29.1 Å². The van der Waals surface area contributed by atoms with E-state index in [0.717, 1.165) is 4.90 Å². The molecule has 1 amide bonds. The number of nitrogens with zero attached hydrogens (tertiary/aromatic N) is 2. The third kappa shape index (κ3) is 3.49. The predicted molar refractivity (Wildman–Crippen MR) is 115 cm³/mol. The van der Waals surface area contributed by atoms with E-state index in [1.807, 2.05) is 0 Å². The van der Waals surface area contributed by atoms with Crippen molar-refractivity contribution in [2.75, 3.05) is 12.0 Å². The standard InChI is InChI=1S/C23H17ClN2O5/c1-31-18-10-9-13(12-14(18)24)21(28)19-20(15-6-4-5-11-25-15)26(23(30)22(19)29)16-7-2-3-8-17(16)27/h2-12,20,27-28H,1H3/b21-19-. The van der Waals surface area contributed by atoms with Crippen LogP contribution in [0.1, 0.15) is 17.3 Å². The summed E-state index contributed by atoms with van der Waals surface area (Å²) in [5.41, 5.74) is 0.563. The highest BCUT2D eigenvalue weighted by Crippen LogP contribution is 2.44. The van der Waals surface area contributed by atoms with Crippen molar-refractivity contribution in [2.45, 2.75) is 6.04 Å². The second-order valence-corrected chi connectivity index (χ2v) is 7.17. The Balaban J connectivity index is 1.95. The fraction of sp³-hybridized carbons (Fsp3) is 0.0870. The van der Waals surface area contributed by atoms with Gasteiger partial charge in [0.25, 0.3) is 11.7 Å². The third-order valence-electron chi connectivity index (χ3n) is 4.98. The first-order valence-electron chi connectivity index (χ1n) is 9.28. The van der Waals surface area contributed by atoms with Crippen molar-refractivity contribution in [1.29, 1.82) is 0 Å². The number of hydrogen-bond donors (Lipinski definition) is 2. The van der Waals surface area contributed by atoms with E-state index in [4.69, 9.17) is 16.3 Å². The molecule has 0 bridgehead atoms. The molecule has 4 rings (SSSR count). The van der Waals surface area contributed by atoms with Gasteiger partial charge < -0.3 is 14.9 Å². The van der Waals surface area contributed by atoms with Crippen LogP contribution in [-0.2, 0) is 9.59 Å². The smallest absolute Gasteiger partial charge is 0.300 e. The summed E-state index contributed by atoms with van der Waals surface area (Å²) in [6, 6.07) is 14.7. The number of hydrogen-bond acceptors (Lipinski definition) is 6. The molecule has 3 aromatic rings. The third-order valence-corrected chi connectivity index (χ3v) is 5.27. The molecule has 156 valence electrons. The number of benzene rings is 2. The van der Waals surface area contributed by atoms with E-state index in [2.05, 4.69) is 4.98 Å². The summed E-state index contributed by atoms with van der Waals surface area (Å²) >= 11 is 6.18. The second-order valence-electron chi connectivity index (χ2n) is 6.76. The van der Waals surface area contributed by atoms with Crippen molar-refractivity contribution in [3.8, 4) is 11.5 Å². The molecule has 1 aliphatic rings. The van der Waals surface area contributed by atoms with Gasteiger partial charge in [-0.1, -0.05) is 29.8 Å². The van der Waals surface area contributed by atoms with Gasteiger partial charge in [0.1, 0.15) is 23.3 Å². The zero-order valence-corrected chi connectivity index (χ0v) is 17.1. The molecule has 8 heteroatoms. The lowest BCUT2D eigenvalue weighted by Crippen LogP contribution is -2.29. The van der Waals surface area contributed by atoms with Crippen molar-refractivity contribution in [2.24, 2.45) is 0 Å². The van der Waals surface area contributed by atoms with Crippen LogP contribution in [0.5, 0.6) is 11.5 Å². The van der Waals surface area contributed by atoms with E-state index in [0.29, 0.717) is 11.4 Å². The molecular formula is C23H17ClN2O5. The minimum Gasteiger partial charge on any atom is -0.507 e. The van der Waals surface area contributed by atoms with E-state index in [1.165, 1.54) is 37.6 Å². The molecule has 2 aromatic carbocycles. The number of carbonyl (C=O) groups excluding carboxylic acids is 2. The summed E-state index contributed by atoms with van der Waals surface area (Å²) in [4.78, 5) is 31.5. The molecule has 2 heterocycles. The monoisotopic (exact) mass is 436 g/mol. The summed E-state index contributed by atoms with van der Waals surface area (Å²) in [6.07, 6.45) is 1.52. The van der Waals surface area contributed by atoms with E-state index in [9.17, 15) is 19.8 Å². The summed E-state index contributed by atoms with van der Waals surface area (Å²) < 4.78 is 5.13. The Morgan fingerprint density at radius 3 is 2.48 bits per heavy atom. The van der Waals surface area contributed by atoms with Crippen LogP contribution in [0.4, 0.5) is 5.69 Å². The van der Waals surface area contributed by atoms with Gasteiger partial charge in [-0.2, -0.15) is 0 Å². The van der Waals surface area contributed by atoms with Crippen LogP contribution in [0, 0.1) is 0 Å². The molecule has 1 aromatic heterocycles. The highest BCUT2D eigenvalue weighted by atomic mass is 35.5. The number of halogens is 1. The van der Waals surface area contributed by atoms with Crippen LogP contribution in [0.15, 0.2) is 72.4 Å². The van der Waals surface area contributed by atoms with Crippen molar-refractivity contribution >= 4 is 34.7 Å². The van der Waals surface area contributed by atoms with Gasteiger partial charge in [0.15, 0.2) is 0 Å². The fourth-order valence-corrected chi connectivity index (χ4v) is 3.79. The number of amides is 1. The maximum Gasteiger partial charge on any atom is 0.300 e. The molecule has 1 unspecified atom stereocenters. The lowest BCUT2D eigenvalue weighted by atomic mass is 9.98. The van der Waals surface area contributed by atoms with Crippen LogP contribution in [0.3, 0.4) is 0 Å². The van der Waals surface area contributed by atoms with Crippen LogP contribution in [0.25, 0.3) is 5.76 Å². The summed E-state index contributed by atoms with van der Waals surface area (Å²) in [5, 5.41) is 21.6. The zero-order chi connectivity index (χ0) is 22.1. The van der Waals surface area contributed by atoms with Crippen LogP contribution < -0.4 is 9.64 Å². The van der Waals surface area contributed by atoms with E-state index in [-0.39, 0.29) is 27.6 Å². The van der Waals surface area contributed by atoms with Gasteiger partial charge in [-0.05, 0) is 42.5 Å². The molecule has 1 atom stereocenters. The second kappa shape index (κ2) is 8.12. The van der Waals surface area contributed by atoms with Crippen LogP contribution in [0.2, 0.25) is 5.02 Å². The fourth-order valence-electron chi connectivity index (χ4n) is 3.54. The summed E-state index contributed by atoms with van der Waals surface area (Å²) in [6.45, 7) is 0. The molecule has 1 fully saturated rings. The van der Waals surface area contributed by atoms with E-state index in [1.54, 1.807) is 36.4 Å². The summed E-state index contributed by atoms with van der Waals surface area (Å²) in [5.74, 6) is -1.98. The maximum atomic E-state index is 13.0. The number of carbonyl (C=O) groups is 2. The first kappa shape index (κ1) is 20.4. The Bertz CT molecular complexity index is 1210. The van der Waals surface area contributed by atoms with Gasteiger partial charge >= 0.3 is 0 Å². The molecule has 1 aliphatic heterocycles. The molecule has 0 spiro atoms. The lowest BCUT2D eigenvalue weighted by molar-refractivity contribution is -0.132. The molecule has 0 saturated carbocycles. The van der Waals surface area contributed by atoms with Gasteiger partial charge in [-0.15, -0.1) is 0 Å². The number of aliphatic hydroxyl groups excluding tert-OH is 1. The topological polar surface area (TPSA) is 100.0 Å². The number of phenolic OH excluding ortho intramolecular Hbond substituents is 1. The highest BCUT2D eigenvalue weighted by Gasteiger charge is 2.48. The number of Topliss-reactive ketones (excluding diaryl/α,β-unsaturated/α-hetero) is 1. The maximum absolute atomic E-state index is 13.0. The quantitative estimate of drug-likeness (QED) is 0.363. The first-order valence-corrected chi connectivity index (χ1v) is 9.65. The molecule has 1 saturated heterocycles. The number of methoxy groups -OCH3 is 1. The molecule has 0 aliphatic carbocycles. The van der Waals surface area contributed by atoms with Gasteiger partial charge in [0, 0.05) is 11.8 Å². The number of para-hydroxylation sites is 2. The zero-order valence-electron chi connectivity index (χ0n) is 16.3. The summed E-state index contributed by atoms with van der Waals surface area (Å²) in [7, 11) is 1.46. The minimum absolute atomic E-state index is 0.132. The van der Waals surface area contributed by atoms with Gasteiger partial charge in [-0.3, -0.25) is 19.5 Å². The average molecular weight is 437 g/mol. The Morgan fingerprint density at radius 2 is 1.84 bits per heavy atom. The first-order chi connectivity index (χ1) is 14.9. The Labute approximate surface area is 182 Å². The van der Waals surface area contributed by atoms with E-state index < -0.39 is 23.5 Å². The largest absolute Gasteiger partial charge is 0.507 e. The number of aliphatic hydroxyl groups is 1.